The molecule has 3 nitrogen and oxygen atoms in total. The Balaban J connectivity index is 2.07. The minimum atomic E-state index is -0.347. The highest BCUT2D eigenvalue weighted by molar-refractivity contribution is 14.1. The standard InChI is InChI=1S/C16H13Cl2IN2OS/c1-8-5-11(6-9(2)14(8)19)20-16(23)21-15(22)10-3-4-12(17)13(18)7-10/h3-7H,1-2H3,(H2,20,21,22,23). The molecule has 0 saturated carbocycles. The second-order valence-corrected chi connectivity index (χ2v) is 7.26. The van der Waals surface area contributed by atoms with E-state index in [-0.39, 0.29) is 11.0 Å². The van der Waals surface area contributed by atoms with Crippen LogP contribution in [0.25, 0.3) is 0 Å². The summed E-state index contributed by atoms with van der Waals surface area (Å²) in [5, 5.41) is 6.58. The van der Waals surface area contributed by atoms with E-state index in [0.717, 1.165) is 16.8 Å². The topological polar surface area (TPSA) is 41.1 Å². The zero-order valence-electron chi connectivity index (χ0n) is 12.3. The number of carbonyl (C=O) groups excluding carboxylic acids is 1. The van der Waals surface area contributed by atoms with Gasteiger partial charge in [0.25, 0.3) is 5.91 Å². The van der Waals surface area contributed by atoms with Crippen molar-refractivity contribution in [3.63, 3.8) is 0 Å². The maximum atomic E-state index is 12.2. The number of hydrogen-bond acceptors (Lipinski definition) is 2. The number of nitrogens with one attached hydrogen (secondary N) is 2. The molecule has 0 aliphatic carbocycles. The molecule has 120 valence electrons. The second-order valence-electron chi connectivity index (χ2n) is 4.96. The Morgan fingerprint density at radius 2 is 1.70 bits per heavy atom. The molecule has 0 fully saturated rings. The number of thiocarbonyl (C=S) groups is 1. The molecule has 2 aromatic rings. The van der Waals surface area contributed by atoms with Gasteiger partial charge in [-0.3, -0.25) is 10.1 Å². The van der Waals surface area contributed by atoms with Crippen LogP contribution in [-0.4, -0.2) is 11.0 Å². The summed E-state index contributed by atoms with van der Waals surface area (Å²) in [4.78, 5) is 12.2. The average molecular weight is 479 g/mol. The number of benzene rings is 2. The molecule has 0 aromatic heterocycles. The van der Waals surface area contributed by atoms with Crippen LogP contribution in [0.2, 0.25) is 10.0 Å². The fraction of sp³-hybridized carbons (Fsp3) is 0.125. The lowest BCUT2D eigenvalue weighted by Gasteiger charge is -2.12. The monoisotopic (exact) mass is 478 g/mol. The van der Waals surface area contributed by atoms with Crippen LogP contribution < -0.4 is 10.6 Å². The van der Waals surface area contributed by atoms with Crippen LogP contribution >= 0.6 is 58.0 Å². The summed E-state index contributed by atoms with van der Waals surface area (Å²) in [6, 6.07) is 8.62. The molecule has 1 amide bonds. The quantitative estimate of drug-likeness (QED) is 0.452. The fourth-order valence-electron chi connectivity index (χ4n) is 1.99. The SMILES string of the molecule is Cc1cc(NC(=S)NC(=O)c2ccc(Cl)c(Cl)c2)cc(C)c1I. The van der Waals surface area contributed by atoms with Crippen molar-refractivity contribution in [1.82, 2.24) is 5.32 Å². The number of halogens is 3. The van der Waals surface area contributed by atoms with Gasteiger partial charge >= 0.3 is 0 Å². The molecule has 23 heavy (non-hydrogen) atoms. The Morgan fingerprint density at radius 1 is 1.09 bits per heavy atom. The van der Waals surface area contributed by atoms with Crippen molar-refractivity contribution >= 4 is 74.7 Å². The molecule has 7 heteroatoms. The molecule has 0 spiro atoms. The summed E-state index contributed by atoms with van der Waals surface area (Å²) in [6.07, 6.45) is 0. The summed E-state index contributed by atoms with van der Waals surface area (Å²) >= 11 is 19.2. The minimum absolute atomic E-state index is 0.223. The summed E-state index contributed by atoms with van der Waals surface area (Å²) in [5.41, 5.74) is 3.51. The Bertz CT molecular complexity index is 773. The van der Waals surface area contributed by atoms with Gasteiger partial charge in [-0.05, 0) is 90.1 Å². The van der Waals surface area contributed by atoms with Crippen LogP contribution in [0.5, 0.6) is 0 Å². The molecular formula is C16H13Cl2IN2OS. The first-order chi connectivity index (χ1) is 10.8. The zero-order valence-corrected chi connectivity index (χ0v) is 16.8. The van der Waals surface area contributed by atoms with Crippen molar-refractivity contribution in [2.45, 2.75) is 13.8 Å². The van der Waals surface area contributed by atoms with Crippen molar-refractivity contribution in [3.05, 3.63) is 60.6 Å². The number of hydrogen-bond donors (Lipinski definition) is 2. The van der Waals surface area contributed by atoms with Gasteiger partial charge in [-0.2, -0.15) is 0 Å². The molecule has 0 bridgehead atoms. The molecule has 0 aliphatic rings. The summed E-state index contributed by atoms with van der Waals surface area (Å²) in [6.45, 7) is 4.05. The van der Waals surface area contributed by atoms with E-state index >= 15 is 0 Å². The second kappa shape index (κ2) is 7.79. The third-order valence-electron chi connectivity index (χ3n) is 3.10. The van der Waals surface area contributed by atoms with E-state index in [1.54, 1.807) is 12.1 Å². The predicted molar refractivity (Wildman–Crippen MR) is 109 cm³/mol. The highest BCUT2D eigenvalue weighted by atomic mass is 127. The molecule has 2 N–H and O–H groups in total. The zero-order chi connectivity index (χ0) is 17.1. The van der Waals surface area contributed by atoms with Gasteiger partial charge in [0, 0.05) is 14.8 Å². The van der Waals surface area contributed by atoms with Crippen molar-refractivity contribution in [2.75, 3.05) is 5.32 Å². The molecule has 0 atom stereocenters. The lowest BCUT2D eigenvalue weighted by atomic mass is 10.1. The summed E-state index contributed by atoms with van der Waals surface area (Å²) in [7, 11) is 0. The Morgan fingerprint density at radius 3 is 2.26 bits per heavy atom. The van der Waals surface area contributed by atoms with Crippen LogP contribution in [0, 0.1) is 17.4 Å². The van der Waals surface area contributed by atoms with E-state index in [9.17, 15) is 4.79 Å². The first-order valence-corrected chi connectivity index (χ1v) is 8.86. The van der Waals surface area contributed by atoms with Crippen LogP contribution in [-0.2, 0) is 0 Å². The van der Waals surface area contributed by atoms with E-state index in [0.29, 0.717) is 15.6 Å². The summed E-state index contributed by atoms with van der Waals surface area (Å²) in [5.74, 6) is -0.347. The normalized spacial score (nSPS) is 10.3. The molecule has 2 rings (SSSR count). The molecule has 0 radical (unpaired) electrons. The third-order valence-corrected chi connectivity index (χ3v) is 5.75. The van der Waals surface area contributed by atoms with Crippen LogP contribution in [0.1, 0.15) is 21.5 Å². The van der Waals surface area contributed by atoms with Gasteiger partial charge < -0.3 is 5.32 Å². The van der Waals surface area contributed by atoms with Crippen molar-refractivity contribution in [3.8, 4) is 0 Å². The number of anilines is 1. The smallest absolute Gasteiger partial charge is 0.257 e. The third kappa shape index (κ3) is 4.79. The van der Waals surface area contributed by atoms with Gasteiger partial charge in [0.1, 0.15) is 0 Å². The molecule has 2 aromatic carbocycles. The maximum Gasteiger partial charge on any atom is 0.257 e. The van der Waals surface area contributed by atoms with Gasteiger partial charge in [0.2, 0.25) is 0 Å². The van der Waals surface area contributed by atoms with E-state index in [1.165, 1.54) is 9.64 Å². The van der Waals surface area contributed by atoms with Crippen molar-refractivity contribution in [2.24, 2.45) is 0 Å². The van der Waals surface area contributed by atoms with E-state index in [2.05, 4.69) is 33.2 Å². The van der Waals surface area contributed by atoms with Crippen LogP contribution in [0.3, 0.4) is 0 Å². The molecule has 0 saturated heterocycles. The average Bonchev–Trinajstić information content (AvgIpc) is 2.47. The number of aryl methyl sites for hydroxylation is 2. The number of rotatable bonds is 2. The largest absolute Gasteiger partial charge is 0.332 e. The Hall–Kier alpha value is -0.890. The fourth-order valence-corrected chi connectivity index (χ4v) is 2.81. The first-order valence-electron chi connectivity index (χ1n) is 6.62. The van der Waals surface area contributed by atoms with Gasteiger partial charge in [-0.1, -0.05) is 23.2 Å². The van der Waals surface area contributed by atoms with Gasteiger partial charge in [0.05, 0.1) is 10.0 Å². The Labute approximate surface area is 163 Å². The van der Waals surface area contributed by atoms with E-state index < -0.39 is 0 Å². The summed E-state index contributed by atoms with van der Waals surface area (Å²) < 4.78 is 1.21. The Kier molecular flexibility index (Phi) is 6.25. The van der Waals surface area contributed by atoms with E-state index in [4.69, 9.17) is 35.4 Å². The lowest BCUT2D eigenvalue weighted by molar-refractivity contribution is 0.0978. The van der Waals surface area contributed by atoms with Gasteiger partial charge in [-0.15, -0.1) is 0 Å². The van der Waals surface area contributed by atoms with Crippen LogP contribution in [0.4, 0.5) is 5.69 Å². The molecular weight excluding hydrogens is 466 g/mol. The molecule has 0 heterocycles. The first kappa shape index (κ1) is 18.4. The molecule has 0 unspecified atom stereocenters. The van der Waals surface area contributed by atoms with Crippen molar-refractivity contribution < 1.29 is 4.79 Å². The number of amides is 1. The highest BCUT2D eigenvalue weighted by Gasteiger charge is 2.10. The molecule has 0 aliphatic heterocycles. The van der Waals surface area contributed by atoms with Gasteiger partial charge in [0.15, 0.2) is 5.11 Å². The van der Waals surface area contributed by atoms with Crippen LogP contribution in [0.15, 0.2) is 30.3 Å². The van der Waals surface area contributed by atoms with Crippen molar-refractivity contribution in [1.29, 1.82) is 0 Å². The highest BCUT2D eigenvalue weighted by Crippen LogP contribution is 2.23. The lowest BCUT2D eigenvalue weighted by Crippen LogP contribution is -2.34. The minimum Gasteiger partial charge on any atom is -0.332 e. The number of carbonyl (C=O) groups is 1. The maximum absolute atomic E-state index is 12.2. The van der Waals surface area contributed by atoms with E-state index in [1.807, 2.05) is 26.0 Å². The van der Waals surface area contributed by atoms with Gasteiger partial charge in [-0.25, -0.2) is 0 Å². The predicted octanol–water partition coefficient (Wildman–Crippen LogP) is 5.34.